The quantitative estimate of drug-likeness (QED) is 0.0421. The van der Waals surface area contributed by atoms with Crippen LogP contribution in [-0.2, 0) is 4.79 Å². The molecule has 0 rings (SSSR count). The van der Waals surface area contributed by atoms with E-state index >= 15 is 0 Å². The molecule has 0 fully saturated rings. The Balaban J connectivity index is 3.54. The highest BCUT2D eigenvalue weighted by atomic mass is 16.3. The summed E-state index contributed by atoms with van der Waals surface area (Å²) in [6.45, 7) is 4.19. The largest absolute Gasteiger partial charge is 0.394 e. The monoisotopic (exact) mass is 902 g/mol. The molecule has 0 radical (unpaired) electrons. The Bertz CT molecular complexity index is 1210. The van der Waals surface area contributed by atoms with Crippen molar-refractivity contribution >= 4 is 5.91 Å². The molecule has 0 heterocycles. The van der Waals surface area contributed by atoms with Gasteiger partial charge < -0.3 is 15.5 Å². The van der Waals surface area contributed by atoms with Crippen LogP contribution in [0.5, 0.6) is 0 Å². The van der Waals surface area contributed by atoms with E-state index in [1.54, 1.807) is 6.08 Å². The molecule has 0 aliphatic carbocycles. The Morgan fingerprint density at radius 3 is 1.08 bits per heavy atom. The van der Waals surface area contributed by atoms with Crippen LogP contribution in [-0.4, -0.2) is 34.9 Å². The maximum absolute atomic E-state index is 12.5. The molecule has 0 saturated heterocycles. The predicted octanol–water partition coefficient (Wildman–Crippen LogP) is 18.5. The molecular formula is C61H107NO3. The summed E-state index contributed by atoms with van der Waals surface area (Å²) in [5.74, 6) is -0.0749. The van der Waals surface area contributed by atoms with Crippen LogP contribution in [0.3, 0.4) is 0 Å². The highest BCUT2D eigenvalue weighted by molar-refractivity contribution is 5.76. The fourth-order valence-electron chi connectivity index (χ4n) is 8.08. The number of hydrogen-bond donors (Lipinski definition) is 3. The maximum Gasteiger partial charge on any atom is 0.220 e. The number of aliphatic hydroxyl groups is 2. The van der Waals surface area contributed by atoms with Crippen molar-refractivity contribution in [1.29, 1.82) is 0 Å². The van der Waals surface area contributed by atoms with Crippen LogP contribution in [0, 0.1) is 0 Å². The van der Waals surface area contributed by atoms with E-state index in [1.807, 2.05) is 6.08 Å². The average molecular weight is 903 g/mol. The zero-order valence-electron chi connectivity index (χ0n) is 43.0. The number of allylic oxidation sites excluding steroid dienone is 15. The first-order valence-corrected chi connectivity index (χ1v) is 28.0. The Morgan fingerprint density at radius 1 is 0.385 bits per heavy atom. The molecule has 1 amide bonds. The Labute approximate surface area is 404 Å². The van der Waals surface area contributed by atoms with Gasteiger partial charge in [-0.3, -0.25) is 4.79 Å². The van der Waals surface area contributed by atoms with E-state index in [0.717, 1.165) is 70.6 Å². The molecule has 2 unspecified atom stereocenters. The number of aliphatic hydroxyl groups excluding tert-OH is 2. The van der Waals surface area contributed by atoms with E-state index < -0.39 is 12.1 Å². The van der Waals surface area contributed by atoms with Crippen molar-refractivity contribution < 1.29 is 15.0 Å². The predicted molar refractivity (Wildman–Crippen MR) is 290 cm³/mol. The minimum absolute atomic E-state index is 0.0749. The first-order chi connectivity index (χ1) is 32.2. The summed E-state index contributed by atoms with van der Waals surface area (Å²) in [5, 5.41) is 23.1. The van der Waals surface area contributed by atoms with E-state index in [1.165, 1.54) is 173 Å². The van der Waals surface area contributed by atoms with E-state index in [9.17, 15) is 15.0 Å². The van der Waals surface area contributed by atoms with Crippen molar-refractivity contribution in [2.45, 2.75) is 276 Å². The molecule has 0 aromatic heterocycles. The lowest BCUT2D eigenvalue weighted by atomic mass is 10.0. The van der Waals surface area contributed by atoms with Gasteiger partial charge in [-0.25, -0.2) is 0 Å². The van der Waals surface area contributed by atoms with Gasteiger partial charge >= 0.3 is 0 Å². The third kappa shape index (κ3) is 52.1. The summed E-state index contributed by atoms with van der Waals surface area (Å²) >= 11 is 0. The normalized spacial score (nSPS) is 13.6. The lowest BCUT2D eigenvalue weighted by Gasteiger charge is -2.19. The van der Waals surface area contributed by atoms with Crippen LogP contribution < -0.4 is 5.32 Å². The van der Waals surface area contributed by atoms with Gasteiger partial charge in [0.25, 0.3) is 0 Å². The Kier molecular flexibility index (Phi) is 53.3. The van der Waals surface area contributed by atoms with Gasteiger partial charge in [-0.05, 0) is 83.5 Å². The van der Waals surface area contributed by atoms with Crippen LogP contribution in [0.2, 0.25) is 0 Å². The highest BCUT2D eigenvalue weighted by Gasteiger charge is 2.17. The fourth-order valence-corrected chi connectivity index (χ4v) is 8.08. The summed E-state index contributed by atoms with van der Waals surface area (Å²) < 4.78 is 0. The van der Waals surface area contributed by atoms with E-state index in [0.29, 0.717) is 6.42 Å². The molecule has 4 nitrogen and oxygen atoms in total. The molecule has 0 aromatic carbocycles. The Morgan fingerprint density at radius 2 is 0.692 bits per heavy atom. The van der Waals surface area contributed by atoms with Crippen molar-refractivity contribution in [3.05, 3.63) is 97.2 Å². The number of rotatable bonds is 50. The summed E-state index contributed by atoms with van der Waals surface area (Å²) in [6, 6.07) is -0.643. The summed E-state index contributed by atoms with van der Waals surface area (Å²) in [7, 11) is 0. The Hall–Kier alpha value is -2.69. The second-order valence-corrected chi connectivity index (χ2v) is 18.6. The van der Waals surface area contributed by atoms with E-state index in [-0.39, 0.29) is 12.5 Å². The average Bonchev–Trinajstić information content (AvgIpc) is 3.31. The smallest absolute Gasteiger partial charge is 0.220 e. The molecule has 2 atom stereocenters. The van der Waals surface area contributed by atoms with Gasteiger partial charge in [0.2, 0.25) is 5.91 Å². The van der Waals surface area contributed by atoms with Crippen molar-refractivity contribution in [1.82, 2.24) is 5.32 Å². The van der Waals surface area contributed by atoms with E-state index in [2.05, 4.69) is 104 Å². The number of carbonyl (C=O) groups excluding carboxylic acids is 1. The fraction of sp³-hybridized carbons (Fsp3) is 0.721. The minimum Gasteiger partial charge on any atom is -0.394 e. The third-order valence-corrected chi connectivity index (χ3v) is 12.3. The lowest BCUT2D eigenvalue weighted by molar-refractivity contribution is -0.123. The van der Waals surface area contributed by atoms with Gasteiger partial charge in [-0.1, -0.05) is 272 Å². The van der Waals surface area contributed by atoms with Crippen molar-refractivity contribution in [2.24, 2.45) is 0 Å². The van der Waals surface area contributed by atoms with E-state index in [4.69, 9.17) is 0 Å². The van der Waals surface area contributed by atoms with Crippen LogP contribution >= 0.6 is 0 Å². The number of unbranched alkanes of at least 4 members (excludes halogenated alkanes) is 29. The van der Waals surface area contributed by atoms with Crippen molar-refractivity contribution in [3.8, 4) is 0 Å². The molecule has 0 spiro atoms. The lowest BCUT2D eigenvalue weighted by Crippen LogP contribution is -2.45. The zero-order valence-corrected chi connectivity index (χ0v) is 43.0. The summed E-state index contributed by atoms with van der Waals surface area (Å²) in [6.07, 6.45) is 82.8. The molecule has 4 heteroatoms. The SMILES string of the molecule is CC/C=C\C/C=C\C/C=C\C/C=C\C/C=C\C/C=C\CCCCCCCCCCCCCCCCCCC(=O)NC(CO)C(O)/C=C/CC/C=C/CCCCCCCCCCCCCC. The number of nitrogens with one attached hydrogen (secondary N) is 1. The first-order valence-electron chi connectivity index (χ1n) is 28.0. The maximum atomic E-state index is 12.5. The second-order valence-electron chi connectivity index (χ2n) is 18.6. The van der Waals surface area contributed by atoms with Crippen LogP contribution in [0.25, 0.3) is 0 Å². The van der Waals surface area contributed by atoms with Crippen LogP contribution in [0.15, 0.2) is 97.2 Å². The van der Waals surface area contributed by atoms with Gasteiger partial charge in [0.1, 0.15) is 0 Å². The third-order valence-electron chi connectivity index (χ3n) is 12.3. The molecular weight excluding hydrogens is 795 g/mol. The van der Waals surface area contributed by atoms with Crippen molar-refractivity contribution in [2.75, 3.05) is 6.61 Å². The molecule has 0 aliphatic heterocycles. The van der Waals surface area contributed by atoms with Gasteiger partial charge in [-0.15, -0.1) is 0 Å². The van der Waals surface area contributed by atoms with Crippen molar-refractivity contribution in [3.63, 3.8) is 0 Å². The molecule has 0 aliphatic rings. The van der Waals surface area contributed by atoms with Gasteiger partial charge in [0.15, 0.2) is 0 Å². The summed E-state index contributed by atoms with van der Waals surface area (Å²) in [5.41, 5.74) is 0. The molecule has 3 N–H and O–H groups in total. The number of amides is 1. The standard InChI is InChI=1S/C61H107NO3/c1-3-5-7-9-11-13-15-17-19-21-23-24-25-26-27-28-29-30-31-32-33-34-35-36-37-38-39-41-43-45-47-49-51-53-55-57-61(65)62-59(58-63)60(64)56-54-52-50-48-46-44-42-40-22-20-18-16-14-12-10-8-6-4-2/h5,7,11,13,17,19,23-24,26-27,29-30,46,48,54,56,59-60,63-64H,3-4,6,8-10,12,14-16,18,20-22,25,28,31-45,47,49-53,55,57-58H2,1-2H3,(H,62,65)/b7-5-,13-11-,19-17-,24-23-,27-26-,30-29-,48-46+,56-54+. The first kappa shape index (κ1) is 62.3. The molecule has 0 saturated carbocycles. The molecule has 0 bridgehead atoms. The molecule has 65 heavy (non-hydrogen) atoms. The zero-order chi connectivity index (χ0) is 47.0. The molecule has 0 aromatic rings. The minimum atomic E-state index is -0.866. The van der Waals surface area contributed by atoms with Gasteiger partial charge in [0.05, 0.1) is 18.8 Å². The van der Waals surface area contributed by atoms with Gasteiger partial charge in [0, 0.05) is 6.42 Å². The second kappa shape index (κ2) is 55.6. The highest BCUT2D eigenvalue weighted by Crippen LogP contribution is 2.16. The van der Waals surface area contributed by atoms with Gasteiger partial charge in [-0.2, -0.15) is 0 Å². The topological polar surface area (TPSA) is 69.6 Å². The van der Waals surface area contributed by atoms with Crippen LogP contribution in [0.4, 0.5) is 0 Å². The molecule has 374 valence electrons. The number of hydrogen-bond acceptors (Lipinski definition) is 3. The summed E-state index contributed by atoms with van der Waals surface area (Å²) in [4.78, 5) is 12.5. The van der Waals surface area contributed by atoms with Crippen LogP contribution in [0.1, 0.15) is 264 Å². The number of carbonyl (C=O) groups is 1.